The van der Waals surface area contributed by atoms with Crippen LogP contribution in [0.5, 0.6) is 0 Å². The van der Waals surface area contributed by atoms with Crippen molar-refractivity contribution in [1.82, 2.24) is 20.0 Å². The fourth-order valence-corrected chi connectivity index (χ4v) is 4.99. The van der Waals surface area contributed by atoms with Crippen LogP contribution in [0.15, 0.2) is 0 Å². The Labute approximate surface area is 147 Å². The largest absolute Gasteiger partial charge is 0.354 e. The van der Waals surface area contributed by atoms with Crippen LogP contribution in [0.4, 0.5) is 0 Å². The zero-order chi connectivity index (χ0) is 17.2. The second-order valence-electron chi connectivity index (χ2n) is 8.64. The lowest BCUT2D eigenvalue weighted by Crippen LogP contribution is -2.50. The Morgan fingerprint density at radius 1 is 1.08 bits per heavy atom. The molecule has 2 atom stereocenters. The molecule has 138 valence electrons. The van der Waals surface area contributed by atoms with E-state index in [1.54, 1.807) is 6.92 Å². The maximum atomic E-state index is 11.3. The molecule has 1 spiro atoms. The van der Waals surface area contributed by atoms with Crippen molar-refractivity contribution in [3.05, 3.63) is 0 Å². The van der Waals surface area contributed by atoms with E-state index < -0.39 is 0 Å². The van der Waals surface area contributed by atoms with Gasteiger partial charge in [-0.25, -0.2) is 0 Å². The summed E-state index contributed by atoms with van der Waals surface area (Å²) in [6.07, 6.45) is 4.98. The van der Waals surface area contributed by atoms with Crippen LogP contribution in [0.1, 0.15) is 46.5 Å². The molecule has 0 aromatic carbocycles. The normalized spacial score (nSPS) is 32.9. The van der Waals surface area contributed by atoms with Crippen LogP contribution in [0.3, 0.4) is 0 Å². The number of likely N-dealkylation sites (tertiary alicyclic amines) is 1. The minimum Gasteiger partial charge on any atom is -0.354 e. The summed E-state index contributed by atoms with van der Waals surface area (Å²) in [6, 6.07) is 1.11. The molecular formula is C19H36N4O. The van der Waals surface area contributed by atoms with Gasteiger partial charge in [-0.3, -0.25) is 14.6 Å². The van der Waals surface area contributed by atoms with Gasteiger partial charge in [0.1, 0.15) is 0 Å². The number of nitrogens with zero attached hydrogens (tertiary/aromatic N) is 3. The average molecular weight is 337 g/mol. The van der Waals surface area contributed by atoms with Gasteiger partial charge in [-0.2, -0.15) is 0 Å². The van der Waals surface area contributed by atoms with Crippen LogP contribution in [0.2, 0.25) is 0 Å². The molecule has 2 heterocycles. The Kier molecular flexibility index (Phi) is 5.83. The molecule has 1 amide bonds. The molecule has 5 heteroatoms. The van der Waals surface area contributed by atoms with Gasteiger partial charge in [-0.15, -0.1) is 0 Å². The molecule has 2 saturated heterocycles. The maximum absolute atomic E-state index is 11.3. The average Bonchev–Trinajstić information content (AvgIpc) is 3.12. The van der Waals surface area contributed by atoms with Gasteiger partial charge in [0.2, 0.25) is 5.91 Å². The molecule has 2 aliphatic heterocycles. The van der Waals surface area contributed by atoms with Crippen molar-refractivity contribution >= 4 is 5.91 Å². The highest BCUT2D eigenvalue weighted by molar-refractivity contribution is 5.73. The summed E-state index contributed by atoms with van der Waals surface area (Å²) in [5.74, 6) is 0.132. The zero-order valence-electron chi connectivity index (χ0n) is 15.9. The Morgan fingerprint density at radius 2 is 1.79 bits per heavy atom. The van der Waals surface area contributed by atoms with Gasteiger partial charge in [0, 0.05) is 64.8 Å². The van der Waals surface area contributed by atoms with E-state index in [4.69, 9.17) is 0 Å². The summed E-state index contributed by atoms with van der Waals surface area (Å²) in [4.78, 5) is 19.2. The first kappa shape index (κ1) is 18.2. The smallest absolute Gasteiger partial charge is 0.217 e. The van der Waals surface area contributed by atoms with Crippen molar-refractivity contribution in [2.24, 2.45) is 5.41 Å². The lowest BCUT2D eigenvalue weighted by molar-refractivity contribution is -0.119. The number of hydrogen-bond donors (Lipinski definition) is 1. The van der Waals surface area contributed by atoms with E-state index in [1.165, 1.54) is 78.0 Å². The highest BCUT2D eigenvalue weighted by atomic mass is 16.1. The molecule has 24 heavy (non-hydrogen) atoms. The van der Waals surface area contributed by atoms with Crippen LogP contribution >= 0.6 is 0 Å². The third kappa shape index (κ3) is 4.50. The van der Waals surface area contributed by atoms with Gasteiger partial charge < -0.3 is 10.2 Å². The number of rotatable bonds is 5. The second kappa shape index (κ2) is 7.71. The molecule has 3 fully saturated rings. The van der Waals surface area contributed by atoms with Gasteiger partial charge in [-0.05, 0) is 51.5 Å². The number of carbonyl (C=O) groups is 1. The van der Waals surface area contributed by atoms with Gasteiger partial charge in [0.05, 0.1) is 0 Å². The van der Waals surface area contributed by atoms with Crippen molar-refractivity contribution < 1.29 is 4.79 Å². The zero-order valence-corrected chi connectivity index (χ0v) is 15.9. The summed E-state index contributed by atoms with van der Waals surface area (Å²) in [5.41, 5.74) is 0.490. The molecule has 0 aromatic heterocycles. The molecule has 1 N–H and O–H groups in total. The predicted molar refractivity (Wildman–Crippen MR) is 98.1 cm³/mol. The molecule has 0 radical (unpaired) electrons. The molecule has 3 aliphatic rings. The van der Waals surface area contributed by atoms with E-state index in [1.807, 2.05) is 0 Å². The van der Waals surface area contributed by atoms with Crippen LogP contribution in [0.25, 0.3) is 0 Å². The number of hydrogen-bond acceptors (Lipinski definition) is 4. The molecule has 0 aromatic rings. The number of piperazine rings is 1. The van der Waals surface area contributed by atoms with Gasteiger partial charge >= 0.3 is 0 Å². The highest BCUT2D eigenvalue weighted by Gasteiger charge is 2.44. The van der Waals surface area contributed by atoms with E-state index in [9.17, 15) is 4.79 Å². The minimum absolute atomic E-state index is 0.132. The van der Waals surface area contributed by atoms with Crippen LogP contribution in [-0.4, -0.2) is 85.0 Å². The molecule has 3 rings (SSSR count). The summed E-state index contributed by atoms with van der Waals surface area (Å²) >= 11 is 0. The van der Waals surface area contributed by atoms with Crippen LogP contribution in [-0.2, 0) is 4.79 Å². The Morgan fingerprint density at radius 3 is 2.46 bits per heavy atom. The van der Waals surface area contributed by atoms with E-state index in [0.29, 0.717) is 17.5 Å². The van der Waals surface area contributed by atoms with Crippen molar-refractivity contribution in [3.63, 3.8) is 0 Å². The number of nitrogens with one attached hydrogen (secondary N) is 1. The summed E-state index contributed by atoms with van der Waals surface area (Å²) in [6.45, 7) is 16.1. The molecule has 2 unspecified atom stereocenters. The van der Waals surface area contributed by atoms with E-state index in [2.05, 4.69) is 33.9 Å². The molecule has 1 aliphatic carbocycles. The second-order valence-corrected chi connectivity index (χ2v) is 8.64. The number of carbonyl (C=O) groups excluding carboxylic acids is 1. The third-order valence-corrected chi connectivity index (χ3v) is 6.50. The molecule has 1 saturated carbocycles. The van der Waals surface area contributed by atoms with Gasteiger partial charge in [0.15, 0.2) is 0 Å². The Bertz CT molecular complexity index is 433. The Hall–Kier alpha value is -0.650. The maximum Gasteiger partial charge on any atom is 0.217 e. The number of amides is 1. The van der Waals surface area contributed by atoms with E-state index in [-0.39, 0.29) is 5.91 Å². The first-order chi connectivity index (χ1) is 11.5. The van der Waals surface area contributed by atoms with Gasteiger partial charge in [0.25, 0.3) is 0 Å². The third-order valence-electron chi connectivity index (χ3n) is 6.50. The van der Waals surface area contributed by atoms with Crippen molar-refractivity contribution in [2.75, 3.05) is 52.4 Å². The minimum atomic E-state index is 0.132. The SMILES string of the molecule is CC(=O)NC1CCC2(CCN(CCN3CCN(C(C)C)CC3)C2)C1. The van der Waals surface area contributed by atoms with Crippen LogP contribution in [0, 0.1) is 5.41 Å². The lowest BCUT2D eigenvalue weighted by Gasteiger charge is -2.37. The first-order valence-corrected chi connectivity index (χ1v) is 9.92. The predicted octanol–water partition coefficient (Wildman–Crippen LogP) is 1.39. The van der Waals surface area contributed by atoms with E-state index in [0.717, 1.165) is 0 Å². The quantitative estimate of drug-likeness (QED) is 0.824. The molecule has 5 nitrogen and oxygen atoms in total. The summed E-state index contributed by atoms with van der Waals surface area (Å²) in [7, 11) is 0. The van der Waals surface area contributed by atoms with Crippen LogP contribution < -0.4 is 5.32 Å². The van der Waals surface area contributed by atoms with Crippen molar-refractivity contribution in [1.29, 1.82) is 0 Å². The summed E-state index contributed by atoms with van der Waals surface area (Å²) < 4.78 is 0. The fraction of sp³-hybridized carbons (Fsp3) is 0.947. The van der Waals surface area contributed by atoms with E-state index >= 15 is 0 Å². The first-order valence-electron chi connectivity index (χ1n) is 9.92. The highest BCUT2D eigenvalue weighted by Crippen LogP contribution is 2.45. The standard InChI is InChI=1S/C19H36N4O/c1-16(2)23-12-10-21(11-13-23)8-9-22-7-6-19(15-22)5-4-18(14-19)20-17(3)24/h16,18H,4-15H2,1-3H3,(H,20,24). The van der Waals surface area contributed by atoms with Gasteiger partial charge in [-0.1, -0.05) is 0 Å². The Balaban J connectivity index is 1.37. The summed E-state index contributed by atoms with van der Waals surface area (Å²) in [5, 5.41) is 3.13. The molecular weight excluding hydrogens is 300 g/mol. The van der Waals surface area contributed by atoms with Crippen molar-refractivity contribution in [3.8, 4) is 0 Å². The monoisotopic (exact) mass is 336 g/mol. The van der Waals surface area contributed by atoms with Crippen molar-refractivity contribution in [2.45, 2.75) is 58.5 Å². The topological polar surface area (TPSA) is 38.8 Å². The fourth-order valence-electron chi connectivity index (χ4n) is 4.99. The lowest BCUT2D eigenvalue weighted by atomic mass is 9.85. The molecule has 0 bridgehead atoms.